The van der Waals surface area contributed by atoms with Gasteiger partial charge in [-0.15, -0.1) is 6.58 Å². The molecule has 120 valence electrons. The zero-order valence-corrected chi connectivity index (χ0v) is 13.9. The van der Waals surface area contributed by atoms with Gasteiger partial charge in [-0.1, -0.05) is 90.0 Å². The highest BCUT2D eigenvalue weighted by Gasteiger charge is 2.01. The van der Waals surface area contributed by atoms with Crippen LogP contribution in [0.5, 0.6) is 0 Å². The third-order valence-electron chi connectivity index (χ3n) is 4.09. The van der Waals surface area contributed by atoms with E-state index < -0.39 is 0 Å². The Balaban J connectivity index is 3.04. The topological polar surface area (TPSA) is 20.2 Å². The summed E-state index contributed by atoms with van der Waals surface area (Å²) in [5.74, 6) is 0. The highest BCUT2D eigenvalue weighted by atomic mass is 16.3. The van der Waals surface area contributed by atoms with Crippen molar-refractivity contribution in [1.82, 2.24) is 0 Å². The molecule has 1 N–H and O–H groups in total. The number of hydrogen-bond donors (Lipinski definition) is 1. The second-order valence-corrected chi connectivity index (χ2v) is 6.20. The van der Waals surface area contributed by atoms with Gasteiger partial charge in [-0.05, 0) is 19.3 Å². The van der Waals surface area contributed by atoms with E-state index in [4.69, 9.17) is 0 Å². The van der Waals surface area contributed by atoms with Crippen LogP contribution in [-0.2, 0) is 0 Å². The highest BCUT2D eigenvalue weighted by molar-refractivity contribution is 4.69. The maximum absolute atomic E-state index is 9.69. The highest BCUT2D eigenvalue weighted by Crippen LogP contribution is 2.13. The van der Waals surface area contributed by atoms with Crippen LogP contribution in [0, 0.1) is 0 Å². The molecule has 0 bridgehead atoms. The third kappa shape index (κ3) is 15.8. The molecule has 1 heteroatoms. The first-order chi connectivity index (χ1) is 9.81. The lowest BCUT2D eigenvalue weighted by atomic mass is 10.0. The molecule has 0 aliphatic carbocycles. The van der Waals surface area contributed by atoms with Crippen LogP contribution >= 0.6 is 0 Å². The van der Waals surface area contributed by atoms with E-state index >= 15 is 0 Å². The van der Waals surface area contributed by atoms with Gasteiger partial charge in [-0.25, -0.2) is 0 Å². The zero-order valence-electron chi connectivity index (χ0n) is 13.9. The van der Waals surface area contributed by atoms with Crippen molar-refractivity contribution >= 4 is 0 Å². The fraction of sp³-hybridized carbons (Fsp3) is 0.895. The molecule has 1 nitrogen and oxygen atoms in total. The average molecular weight is 283 g/mol. The minimum Gasteiger partial charge on any atom is -0.393 e. The van der Waals surface area contributed by atoms with Crippen molar-refractivity contribution in [1.29, 1.82) is 0 Å². The number of aliphatic hydroxyl groups is 1. The predicted octanol–water partition coefficient (Wildman–Crippen LogP) is 6.40. The third-order valence-corrected chi connectivity index (χ3v) is 4.09. The predicted molar refractivity (Wildman–Crippen MR) is 91.1 cm³/mol. The Hall–Kier alpha value is -0.300. The molecule has 0 amide bonds. The Labute approximate surface area is 127 Å². The summed E-state index contributed by atoms with van der Waals surface area (Å²) in [6.07, 6.45) is 21.2. The molecule has 0 saturated heterocycles. The Bertz CT molecular complexity index is 188. The number of hydrogen-bond acceptors (Lipinski definition) is 1. The number of rotatable bonds is 16. The van der Waals surface area contributed by atoms with E-state index in [1.54, 1.807) is 0 Å². The van der Waals surface area contributed by atoms with Crippen molar-refractivity contribution in [3.63, 3.8) is 0 Å². The fourth-order valence-electron chi connectivity index (χ4n) is 2.68. The van der Waals surface area contributed by atoms with Crippen molar-refractivity contribution < 1.29 is 5.11 Å². The van der Waals surface area contributed by atoms with Crippen molar-refractivity contribution in [2.75, 3.05) is 0 Å². The van der Waals surface area contributed by atoms with Gasteiger partial charge in [-0.3, -0.25) is 0 Å². The van der Waals surface area contributed by atoms with E-state index in [0.717, 1.165) is 19.3 Å². The van der Waals surface area contributed by atoms with E-state index in [1.165, 1.54) is 77.0 Å². The summed E-state index contributed by atoms with van der Waals surface area (Å²) in [4.78, 5) is 0. The maximum atomic E-state index is 9.69. The molecule has 0 aromatic heterocycles. The van der Waals surface area contributed by atoms with Gasteiger partial charge in [0.05, 0.1) is 6.10 Å². The lowest BCUT2D eigenvalue weighted by molar-refractivity contribution is 0.152. The molecular weight excluding hydrogens is 244 g/mol. The van der Waals surface area contributed by atoms with Crippen LogP contribution in [-0.4, -0.2) is 11.2 Å². The summed E-state index contributed by atoms with van der Waals surface area (Å²) < 4.78 is 0. The van der Waals surface area contributed by atoms with Gasteiger partial charge in [-0.2, -0.15) is 0 Å². The molecule has 0 unspecified atom stereocenters. The molecule has 0 aliphatic rings. The second kappa shape index (κ2) is 16.8. The monoisotopic (exact) mass is 282 g/mol. The first kappa shape index (κ1) is 19.7. The van der Waals surface area contributed by atoms with Crippen LogP contribution in [0.1, 0.15) is 103 Å². The Morgan fingerprint density at radius 1 is 0.750 bits per heavy atom. The SMILES string of the molecule is C=CCC[C@@H](O)CCCCCCCCCCCCCC. The molecule has 1 atom stereocenters. The second-order valence-electron chi connectivity index (χ2n) is 6.20. The van der Waals surface area contributed by atoms with Crippen molar-refractivity contribution in [3.05, 3.63) is 12.7 Å². The lowest BCUT2D eigenvalue weighted by Crippen LogP contribution is -2.05. The van der Waals surface area contributed by atoms with Gasteiger partial charge in [0.25, 0.3) is 0 Å². The van der Waals surface area contributed by atoms with Gasteiger partial charge in [0.15, 0.2) is 0 Å². The van der Waals surface area contributed by atoms with E-state index in [1.807, 2.05) is 6.08 Å². The van der Waals surface area contributed by atoms with Crippen LogP contribution < -0.4 is 0 Å². The van der Waals surface area contributed by atoms with Gasteiger partial charge in [0.1, 0.15) is 0 Å². The molecule has 0 saturated carbocycles. The smallest absolute Gasteiger partial charge is 0.0543 e. The van der Waals surface area contributed by atoms with Gasteiger partial charge >= 0.3 is 0 Å². The van der Waals surface area contributed by atoms with Gasteiger partial charge in [0.2, 0.25) is 0 Å². The molecule has 0 rings (SSSR count). The van der Waals surface area contributed by atoms with Crippen LogP contribution in [0.25, 0.3) is 0 Å². The minimum atomic E-state index is -0.101. The zero-order chi connectivity index (χ0) is 14.9. The summed E-state index contributed by atoms with van der Waals surface area (Å²) >= 11 is 0. The van der Waals surface area contributed by atoms with E-state index in [0.29, 0.717) is 0 Å². The molecule has 20 heavy (non-hydrogen) atoms. The first-order valence-corrected chi connectivity index (χ1v) is 9.10. The van der Waals surface area contributed by atoms with Crippen LogP contribution in [0.2, 0.25) is 0 Å². The number of aliphatic hydroxyl groups excluding tert-OH is 1. The van der Waals surface area contributed by atoms with Gasteiger partial charge < -0.3 is 5.11 Å². The lowest BCUT2D eigenvalue weighted by Gasteiger charge is -2.08. The largest absolute Gasteiger partial charge is 0.393 e. The quantitative estimate of drug-likeness (QED) is 0.256. The Morgan fingerprint density at radius 3 is 1.65 bits per heavy atom. The summed E-state index contributed by atoms with van der Waals surface area (Å²) in [6.45, 7) is 5.96. The summed E-state index contributed by atoms with van der Waals surface area (Å²) in [7, 11) is 0. The molecule has 0 aromatic carbocycles. The fourth-order valence-corrected chi connectivity index (χ4v) is 2.68. The standard InChI is InChI=1S/C19H38O/c1-3-5-7-8-9-10-11-12-13-14-15-16-18-19(20)17-6-4-2/h4,19-20H,2-3,5-18H2,1H3/t19-/m1/s1. The molecule has 0 fully saturated rings. The Morgan fingerprint density at radius 2 is 1.20 bits per heavy atom. The summed E-state index contributed by atoms with van der Waals surface area (Å²) in [6, 6.07) is 0. The minimum absolute atomic E-state index is 0.101. The summed E-state index contributed by atoms with van der Waals surface area (Å²) in [5, 5.41) is 9.69. The normalized spacial score (nSPS) is 12.5. The van der Waals surface area contributed by atoms with Crippen LogP contribution in [0.3, 0.4) is 0 Å². The van der Waals surface area contributed by atoms with E-state index in [-0.39, 0.29) is 6.10 Å². The maximum Gasteiger partial charge on any atom is 0.0543 e. The van der Waals surface area contributed by atoms with Crippen molar-refractivity contribution in [3.8, 4) is 0 Å². The van der Waals surface area contributed by atoms with Gasteiger partial charge in [0, 0.05) is 0 Å². The van der Waals surface area contributed by atoms with Crippen molar-refractivity contribution in [2.45, 2.75) is 109 Å². The molecule has 0 spiro atoms. The molecule has 0 aromatic rings. The average Bonchev–Trinajstić information content (AvgIpc) is 2.46. The van der Waals surface area contributed by atoms with Crippen LogP contribution in [0.4, 0.5) is 0 Å². The summed E-state index contributed by atoms with van der Waals surface area (Å²) in [5.41, 5.74) is 0. The molecule has 0 heterocycles. The molecule has 0 radical (unpaired) electrons. The van der Waals surface area contributed by atoms with Crippen molar-refractivity contribution in [2.24, 2.45) is 0 Å². The first-order valence-electron chi connectivity index (χ1n) is 9.10. The van der Waals surface area contributed by atoms with Crippen LogP contribution in [0.15, 0.2) is 12.7 Å². The molecular formula is C19H38O. The number of allylic oxidation sites excluding steroid dienone is 1. The van der Waals surface area contributed by atoms with E-state index in [9.17, 15) is 5.11 Å². The number of unbranched alkanes of at least 4 members (excludes halogenated alkanes) is 11. The van der Waals surface area contributed by atoms with E-state index in [2.05, 4.69) is 13.5 Å². The Kier molecular flexibility index (Phi) is 16.5. The molecule has 0 aliphatic heterocycles.